The molecule has 139 valence electrons. The van der Waals surface area contributed by atoms with Gasteiger partial charge in [0.15, 0.2) is 0 Å². The monoisotopic (exact) mass is 446 g/mol. The molecule has 0 saturated heterocycles. The normalized spacial score (nSPS) is 15.0. The van der Waals surface area contributed by atoms with Crippen LogP contribution in [-0.4, -0.2) is 30.6 Å². The Kier molecular flexibility index (Phi) is 5.12. The summed E-state index contributed by atoms with van der Waals surface area (Å²) in [5, 5.41) is 8.08. The molecule has 0 aromatic carbocycles. The van der Waals surface area contributed by atoms with Crippen molar-refractivity contribution in [3.63, 3.8) is 0 Å². The van der Waals surface area contributed by atoms with Gasteiger partial charge in [-0.2, -0.15) is 12.8 Å². The molecule has 0 bridgehead atoms. The Morgan fingerprint density at radius 1 is 1.04 bits per heavy atom. The predicted octanol–water partition coefficient (Wildman–Crippen LogP) is 3.90. The number of anilines is 1. The molecule has 1 aliphatic rings. The van der Waals surface area contributed by atoms with E-state index < -0.39 is 0 Å². The second kappa shape index (κ2) is 7.69. The maximum absolute atomic E-state index is 4.73. The zero-order chi connectivity index (χ0) is 17.3. The summed E-state index contributed by atoms with van der Waals surface area (Å²) >= 11 is 0. The van der Waals surface area contributed by atoms with E-state index in [0.29, 0.717) is 12.0 Å². The number of aromatic nitrogens is 5. The third kappa shape index (κ3) is 3.56. The fourth-order valence-electron chi connectivity index (χ4n) is 3.54. The van der Waals surface area contributed by atoms with Gasteiger partial charge >= 0.3 is 0 Å². The molecule has 0 amide bonds. The van der Waals surface area contributed by atoms with E-state index in [1.165, 1.54) is 0 Å². The van der Waals surface area contributed by atoms with Gasteiger partial charge in [-0.3, -0.25) is 4.98 Å². The summed E-state index contributed by atoms with van der Waals surface area (Å²) < 4.78 is 1.87. The molecule has 1 fully saturated rings. The Morgan fingerprint density at radius 3 is 2.81 bits per heavy atom. The topological polar surface area (TPSA) is 68.0 Å². The second-order valence-electron chi connectivity index (χ2n) is 6.66. The molecule has 1 radical (unpaired) electrons. The molecule has 1 aliphatic carbocycles. The van der Waals surface area contributed by atoms with Crippen LogP contribution in [0.2, 0.25) is 0 Å². The zero-order valence-corrected chi connectivity index (χ0v) is 16.3. The Bertz CT molecular complexity index is 1070. The number of nitrogens with zero attached hydrogens (tertiary/aromatic N) is 5. The van der Waals surface area contributed by atoms with Gasteiger partial charge in [-0.15, -0.1) is 5.10 Å². The minimum Gasteiger partial charge on any atom is -0.350 e. The molecule has 6 nitrogen and oxygen atoms in total. The van der Waals surface area contributed by atoms with Crippen molar-refractivity contribution in [3.05, 3.63) is 55.3 Å². The molecular weight excluding hydrogens is 427 g/mol. The van der Waals surface area contributed by atoms with E-state index in [9.17, 15) is 0 Å². The van der Waals surface area contributed by atoms with Crippen LogP contribution < -0.4 is 5.32 Å². The van der Waals surface area contributed by atoms with Gasteiger partial charge in [0.2, 0.25) is 5.95 Å². The van der Waals surface area contributed by atoms with Crippen molar-refractivity contribution < 1.29 is 19.5 Å². The first-order chi connectivity index (χ1) is 12.9. The molecule has 1 saturated carbocycles. The van der Waals surface area contributed by atoms with E-state index in [2.05, 4.69) is 26.8 Å². The summed E-state index contributed by atoms with van der Waals surface area (Å²) in [7, 11) is 0. The van der Waals surface area contributed by atoms with Gasteiger partial charge in [0, 0.05) is 43.5 Å². The molecule has 4 heterocycles. The quantitative estimate of drug-likeness (QED) is 0.382. The fraction of sp³-hybridized carbons (Fsp3) is 0.250. The second-order valence-corrected chi connectivity index (χ2v) is 6.66. The van der Waals surface area contributed by atoms with E-state index in [-0.39, 0.29) is 19.5 Å². The third-order valence-electron chi connectivity index (χ3n) is 4.92. The molecule has 7 heteroatoms. The van der Waals surface area contributed by atoms with E-state index in [4.69, 9.17) is 4.98 Å². The summed E-state index contributed by atoms with van der Waals surface area (Å²) in [6.07, 6.45) is 12.6. The first kappa shape index (κ1) is 18.0. The number of pyridine rings is 2. The van der Waals surface area contributed by atoms with E-state index in [0.717, 1.165) is 53.5 Å². The molecule has 5 rings (SSSR count). The van der Waals surface area contributed by atoms with Crippen LogP contribution in [0.3, 0.4) is 0 Å². The number of fused-ring (bicyclic) bond motifs is 2. The smallest absolute Gasteiger partial charge is 0.241 e. The van der Waals surface area contributed by atoms with Crippen LogP contribution in [0, 0.1) is 6.42 Å². The van der Waals surface area contributed by atoms with Gasteiger partial charge in [-0.05, 0) is 30.3 Å². The molecule has 0 aliphatic heterocycles. The van der Waals surface area contributed by atoms with Crippen molar-refractivity contribution in [2.75, 3.05) is 5.32 Å². The third-order valence-corrected chi connectivity index (χ3v) is 4.92. The van der Waals surface area contributed by atoms with Gasteiger partial charge in [-0.25, -0.2) is 14.5 Å². The minimum atomic E-state index is 0. The average Bonchev–Trinajstić information content (AvgIpc) is 3.12. The van der Waals surface area contributed by atoms with E-state index in [1.807, 2.05) is 47.2 Å². The predicted molar refractivity (Wildman–Crippen MR) is 102 cm³/mol. The van der Waals surface area contributed by atoms with Crippen molar-refractivity contribution in [2.24, 2.45) is 0 Å². The zero-order valence-electron chi connectivity index (χ0n) is 14.7. The molecular formula is C20H19N6Rh-. The summed E-state index contributed by atoms with van der Waals surface area (Å²) in [5.41, 5.74) is 4.66. The first-order valence-electron chi connectivity index (χ1n) is 9.01. The summed E-state index contributed by atoms with van der Waals surface area (Å²) in [4.78, 5) is 13.6. The molecule has 4 aromatic rings. The number of hydrogen-bond donors (Lipinski definition) is 1. The Morgan fingerprint density at radius 2 is 1.93 bits per heavy atom. The van der Waals surface area contributed by atoms with E-state index >= 15 is 0 Å². The van der Waals surface area contributed by atoms with Crippen LogP contribution in [0.25, 0.3) is 27.8 Å². The number of rotatable bonds is 3. The summed E-state index contributed by atoms with van der Waals surface area (Å²) in [5.74, 6) is 0.683. The largest absolute Gasteiger partial charge is 0.350 e. The van der Waals surface area contributed by atoms with Crippen LogP contribution in [0.4, 0.5) is 5.95 Å². The Labute approximate surface area is 170 Å². The molecule has 0 spiro atoms. The fourth-order valence-corrected chi connectivity index (χ4v) is 3.54. The van der Waals surface area contributed by atoms with Crippen LogP contribution in [0.5, 0.6) is 0 Å². The van der Waals surface area contributed by atoms with Gasteiger partial charge in [-0.1, -0.05) is 12.8 Å². The standard InChI is InChI=1S/C20H19N6.Rh/c1-2-5-14(6-3-1)23-20-22-13-19-15(10-12-26(19)25-20)16-8-9-17-18(24-16)7-4-11-21-17;/h1,4,7-14H,2-3,5-6H2,(H,23,25);/q-1;. The summed E-state index contributed by atoms with van der Waals surface area (Å²) in [6.45, 7) is 0. The first-order valence-corrected chi connectivity index (χ1v) is 9.01. The minimum absolute atomic E-state index is 0. The maximum atomic E-state index is 4.73. The van der Waals surface area contributed by atoms with Crippen LogP contribution in [0.15, 0.2) is 48.9 Å². The van der Waals surface area contributed by atoms with Crippen molar-refractivity contribution in [1.82, 2.24) is 24.6 Å². The van der Waals surface area contributed by atoms with Crippen LogP contribution in [0.1, 0.15) is 25.7 Å². The Hall–Kier alpha value is -2.40. The summed E-state index contributed by atoms with van der Waals surface area (Å²) in [6, 6.07) is 10.4. The van der Waals surface area contributed by atoms with Crippen LogP contribution in [-0.2, 0) is 19.5 Å². The van der Waals surface area contributed by atoms with Gasteiger partial charge in [0.05, 0.1) is 28.4 Å². The molecule has 1 N–H and O–H groups in total. The molecule has 27 heavy (non-hydrogen) atoms. The maximum Gasteiger partial charge on any atom is 0.241 e. The molecule has 0 atom stereocenters. The molecule has 4 aromatic heterocycles. The van der Waals surface area contributed by atoms with Crippen molar-refractivity contribution in [1.29, 1.82) is 0 Å². The number of hydrogen-bond acceptors (Lipinski definition) is 5. The number of nitrogens with one attached hydrogen (secondary N) is 1. The Balaban J connectivity index is 0.00000180. The molecule has 0 unspecified atom stereocenters. The van der Waals surface area contributed by atoms with Gasteiger partial charge < -0.3 is 11.7 Å². The van der Waals surface area contributed by atoms with Crippen LogP contribution >= 0.6 is 0 Å². The van der Waals surface area contributed by atoms with Crippen molar-refractivity contribution >= 4 is 22.5 Å². The van der Waals surface area contributed by atoms with Gasteiger partial charge in [0.25, 0.3) is 0 Å². The SMILES string of the molecule is [Rh].c1cnc2ccc(-c3ccn4nc(NC5CC[CH-]CC5)ncc34)nc2c1. The average molecular weight is 446 g/mol. The van der Waals surface area contributed by atoms with Crippen molar-refractivity contribution in [3.8, 4) is 11.3 Å². The van der Waals surface area contributed by atoms with E-state index in [1.54, 1.807) is 6.20 Å². The van der Waals surface area contributed by atoms with Crippen molar-refractivity contribution in [2.45, 2.75) is 31.7 Å². The van der Waals surface area contributed by atoms with Gasteiger partial charge in [0.1, 0.15) is 0 Å².